The predicted molar refractivity (Wildman–Crippen MR) is 73.0 cm³/mol. The van der Waals surface area contributed by atoms with Crippen LogP contribution in [0.2, 0.25) is 0 Å². The van der Waals surface area contributed by atoms with Gasteiger partial charge in [-0.15, -0.1) is 0 Å². The molecular weight excluding hydrogens is 244 g/mol. The summed E-state index contributed by atoms with van der Waals surface area (Å²) in [5, 5.41) is 3.37. The van der Waals surface area contributed by atoms with E-state index < -0.39 is 0 Å². The van der Waals surface area contributed by atoms with Gasteiger partial charge in [0.1, 0.15) is 6.04 Å². The Morgan fingerprint density at radius 3 is 2.84 bits per heavy atom. The van der Waals surface area contributed by atoms with Crippen molar-refractivity contribution in [2.24, 2.45) is 0 Å². The monoisotopic (exact) mass is 270 g/mol. The molecule has 0 aromatic carbocycles. The van der Waals surface area contributed by atoms with E-state index in [1.165, 1.54) is 20.0 Å². The van der Waals surface area contributed by atoms with Crippen molar-refractivity contribution in [2.75, 3.05) is 26.8 Å². The van der Waals surface area contributed by atoms with E-state index in [1.807, 2.05) is 0 Å². The van der Waals surface area contributed by atoms with Crippen LogP contribution in [0.5, 0.6) is 0 Å². The van der Waals surface area contributed by atoms with Gasteiger partial charge in [-0.2, -0.15) is 0 Å². The van der Waals surface area contributed by atoms with E-state index >= 15 is 0 Å². The maximum atomic E-state index is 11.8. The third-order valence-electron chi connectivity index (χ3n) is 3.94. The predicted octanol–water partition coefficient (Wildman–Crippen LogP) is 0.779. The zero-order valence-electron chi connectivity index (χ0n) is 12.2. The van der Waals surface area contributed by atoms with Crippen LogP contribution < -0.4 is 5.32 Å². The highest BCUT2D eigenvalue weighted by Gasteiger charge is 2.30. The van der Waals surface area contributed by atoms with Crippen LogP contribution in [0.25, 0.3) is 0 Å². The molecule has 0 amide bonds. The highest BCUT2D eigenvalue weighted by molar-refractivity contribution is 5.75. The molecule has 0 radical (unpaired) electrons. The Kier molecular flexibility index (Phi) is 5.19. The lowest BCUT2D eigenvalue weighted by Gasteiger charge is -2.37. The van der Waals surface area contributed by atoms with Crippen LogP contribution in [-0.4, -0.2) is 61.9 Å². The summed E-state index contributed by atoms with van der Waals surface area (Å²) < 4.78 is 10.5. The molecule has 1 saturated carbocycles. The zero-order chi connectivity index (χ0) is 13.8. The first kappa shape index (κ1) is 14.8. The zero-order valence-corrected chi connectivity index (χ0v) is 12.2. The lowest BCUT2D eigenvalue weighted by molar-refractivity contribution is -0.143. The highest BCUT2D eigenvalue weighted by atomic mass is 16.5. The maximum Gasteiger partial charge on any atom is 0.322 e. The second kappa shape index (κ2) is 6.68. The molecule has 19 heavy (non-hydrogen) atoms. The lowest BCUT2D eigenvalue weighted by Crippen LogP contribution is -2.49. The minimum absolute atomic E-state index is 0.138. The Balaban J connectivity index is 1.80. The fourth-order valence-electron chi connectivity index (χ4n) is 2.52. The van der Waals surface area contributed by atoms with Crippen LogP contribution >= 0.6 is 0 Å². The first-order valence-corrected chi connectivity index (χ1v) is 7.29. The molecule has 2 fully saturated rings. The minimum atomic E-state index is -0.164. The SMILES string of the molecule is COC(=O)C(CCN1CC(C)OCC1C)NC1CC1. The van der Waals surface area contributed by atoms with Crippen molar-refractivity contribution in [3.63, 3.8) is 0 Å². The van der Waals surface area contributed by atoms with Crippen LogP contribution in [0.1, 0.15) is 33.1 Å². The molecule has 0 aromatic rings. The molecule has 0 spiro atoms. The number of hydrogen-bond acceptors (Lipinski definition) is 5. The molecule has 2 rings (SSSR count). The van der Waals surface area contributed by atoms with Crippen molar-refractivity contribution in [3.05, 3.63) is 0 Å². The van der Waals surface area contributed by atoms with Gasteiger partial charge in [-0.05, 0) is 33.1 Å². The first-order chi connectivity index (χ1) is 9.10. The number of nitrogens with zero attached hydrogens (tertiary/aromatic N) is 1. The normalized spacial score (nSPS) is 30.1. The summed E-state index contributed by atoms with van der Waals surface area (Å²) in [6.07, 6.45) is 3.45. The third-order valence-corrected chi connectivity index (χ3v) is 3.94. The second-order valence-electron chi connectivity index (χ2n) is 5.79. The molecule has 2 aliphatic rings. The molecule has 0 bridgehead atoms. The summed E-state index contributed by atoms with van der Waals surface area (Å²) in [4.78, 5) is 14.2. The summed E-state index contributed by atoms with van der Waals surface area (Å²) in [7, 11) is 1.46. The van der Waals surface area contributed by atoms with Crippen molar-refractivity contribution in [1.29, 1.82) is 0 Å². The number of nitrogens with one attached hydrogen (secondary N) is 1. The average Bonchev–Trinajstić information content (AvgIpc) is 3.21. The highest BCUT2D eigenvalue weighted by Crippen LogP contribution is 2.21. The van der Waals surface area contributed by atoms with Gasteiger partial charge in [0.25, 0.3) is 0 Å². The fraction of sp³-hybridized carbons (Fsp3) is 0.929. The van der Waals surface area contributed by atoms with Crippen molar-refractivity contribution >= 4 is 5.97 Å². The minimum Gasteiger partial charge on any atom is -0.468 e. The number of morpholine rings is 1. The summed E-state index contributed by atoms with van der Waals surface area (Å²) in [5.74, 6) is -0.138. The van der Waals surface area contributed by atoms with Crippen LogP contribution in [0.4, 0.5) is 0 Å². The third kappa shape index (κ3) is 4.44. The van der Waals surface area contributed by atoms with Gasteiger partial charge in [0.2, 0.25) is 0 Å². The largest absolute Gasteiger partial charge is 0.468 e. The van der Waals surface area contributed by atoms with Gasteiger partial charge in [0.05, 0.1) is 19.8 Å². The molecule has 1 aliphatic carbocycles. The number of methoxy groups -OCH3 is 1. The number of carbonyl (C=O) groups is 1. The number of carbonyl (C=O) groups excluding carboxylic acids is 1. The quantitative estimate of drug-likeness (QED) is 0.723. The number of esters is 1. The number of hydrogen-bond donors (Lipinski definition) is 1. The Morgan fingerprint density at radius 1 is 1.47 bits per heavy atom. The van der Waals surface area contributed by atoms with Gasteiger partial charge in [0, 0.05) is 25.2 Å². The molecular formula is C14H26N2O3. The van der Waals surface area contributed by atoms with E-state index in [9.17, 15) is 4.79 Å². The smallest absolute Gasteiger partial charge is 0.322 e. The topological polar surface area (TPSA) is 50.8 Å². The fourth-order valence-corrected chi connectivity index (χ4v) is 2.52. The van der Waals surface area contributed by atoms with Gasteiger partial charge in [-0.1, -0.05) is 0 Å². The molecule has 1 N–H and O–H groups in total. The van der Waals surface area contributed by atoms with Crippen LogP contribution in [0.15, 0.2) is 0 Å². The standard InChI is InChI=1S/C14H26N2O3/c1-10-9-19-11(2)8-16(10)7-6-13(14(17)18-3)15-12-4-5-12/h10-13,15H,4-9H2,1-3H3. The average molecular weight is 270 g/mol. The molecule has 1 aliphatic heterocycles. The molecule has 110 valence electrons. The van der Waals surface area contributed by atoms with Crippen LogP contribution in [0.3, 0.4) is 0 Å². The van der Waals surface area contributed by atoms with Gasteiger partial charge >= 0.3 is 5.97 Å². The van der Waals surface area contributed by atoms with Gasteiger partial charge in [-0.25, -0.2) is 0 Å². The van der Waals surface area contributed by atoms with E-state index in [4.69, 9.17) is 9.47 Å². The Hall–Kier alpha value is -0.650. The van der Waals surface area contributed by atoms with Crippen LogP contribution in [0, 0.1) is 0 Å². The van der Waals surface area contributed by atoms with E-state index in [-0.39, 0.29) is 18.1 Å². The molecule has 3 atom stereocenters. The first-order valence-electron chi connectivity index (χ1n) is 7.29. The molecule has 5 heteroatoms. The van der Waals surface area contributed by atoms with E-state index in [2.05, 4.69) is 24.1 Å². The molecule has 5 nitrogen and oxygen atoms in total. The molecule has 1 heterocycles. The van der Waals surface area contributed by atoms with E-state index in [1.54, 1.807) is 0 Å². The Morgan fingerprint density at radius 2 is 2.21 bits per heavy atom. The van der Waals surface area contributed by atoms with Crippen molar-refractivity contribution in [1.82, 2.24) is 10.2 Å². The Labute approximate surface area is 115 Å². The summed E-state index contributed by atoms with van der Waals surface area (Å²) >= 11 is 0. The van der Waals surface area contributed by atoms with Crippen molar-refractivity contribution in [3.8, 4) is 0 Å². The molecule has 1 saturated heterocycles. The van der Waals surface area contributed by atoms with Gasteiger partial charge in [-0.3, -0.25) is 9.69 Å². The second-order valence-corrected chi connectivity index (χ2v) is 5.79. The molecule has 3 unspecified atom stereocenters. The summed E-state index contributed by atoms with van der Waals surface area (Å²) in [5.41, 5.74) is 0. The van der Waals surface area contributed by atoms with Gasteiger partial charge < -0.3 is 14.8 Å². The molecule has 0 aromatic heterocycles. The van der Waals surface area contributed by atoms with Crippen molar-refractivity contribution < 1.29 is 14.3 Å². The van der Waals surface area contributed by atoms with Gasteiger partial charge in [0.15, 0.2) is 0 Å². The van der Waals surface area contributed by atoms with Crippen molar-refractivity contribution in [2.45, 2.75) is 57.3 Å². The lowest BCUT2D eigenvalue weighted by atomic mass is 10.1. The van der Waals surface area contributed by atoms with E-state index in [0.29, 0.717) is 12.1 Å². The number of ether oxygens (including phenoxy) is 2. The maximum absolute atomic E-state index is 11.8. The summed E-state index contributed by atoms with van der Waals surface area (Å²) in [6.45, 7) is 6.90. The summed E-state index contributed by atoms with van der Waals surface area (Å²) in [6, 6.07) is 0.781. The Bertz CT molecular complexity index is 307. The number of rotatable bonds is 6. The van der Waals surface area contributed by atoms with E-state index in [0.717, 1.165) is 26.1 Å². The van der Waals surface area contributed by atoms with Crippen LogP contribution in [-0.2, 0) is 14.3 Å².